The molecule has 0 radical (unpaired) electrons. The molecular formula is C26H26N4O2. The van der Waals surface area contributed by atoms with Gasteiger partial charge in [-0.25, -0.2) is 9.97 Å². The summed E-state index contributed by atoms with van der Waals surface area (Å²) in [4.78, 5) is 13.3. The Hall–Kier alpha value is -3.93. The maximum Gasteiger partial charge on any atom is 0.221 e. The van der Waals surface area contributed by atoms with E-state index in [0.29, 0.717) is 6.61 Å². The summed E-state index contributed by atoms with van der Waals surface area (Å²) in [6.07, 6.45) is 3.69. The van der Waals surface area contributed by atoms with Crippen LogP contribution in [0.25, 0.3) is 22.5 Å². The Kier molecular flexibility index (Phi) is 6.60. The van der Waals surface area contributed by atoms with Crippen LogP contribution in [0.1, 0.15) is 18.2 Å². The standard InChI is InChI=1S/C26H26N4O2/c1-3-18-4-9-21(28-17-18)14-15-32-23-12-7-20(8-13-23)25-16-24(29-26(27)30-25)19-5-10-22(31-2)11-6-19/h4-13,16-17H,3,14-15H2,1-2H3,(H2,27,29,30). The van der Waals surface area contributed by atoms with Crippen LogP contribution < -0.4 is 15.2 Å². The number of aryl methyl sites for hydroxylation is 1. The Bertz CT molecular complexity index is 1160. The molecule has 0 spiro atoms. The molecule has 2 aromatic carbocycles. The van der Waals surface area contributed by atoms with Gasteiger partial charge >= 0.3 is 0 Å². The van der Waals surface area contributed by atoms with Gasteiger partial charge in [0.25, 0.3) is 0 Å². The number of nitrogens with two attached hydrogens (primary N) is 1. The number of methoxy groups -OCH3 is 1. The molecule has 2 heterocycles. The summed E-state index contributed by atoms with van der Waals surface area (Å²) in [5.41, 5.74) is 11.7. The van der Waals surface area contributed by atoms with Crippen LogP contribution in [0.2, 0.25) is 0 Å². The van der Waals surface area contributed by atoms with E-state index in [1.165, 1.54) is 5.56 Å². The molecule has 0 aliphatic rings. The van der Waals surface area contributed by atoms with Crippen molar-refractivity contribution in [2.75, 3.05) is 19.5 Å². The highest BCUT2D eigenvalue weighted by molar-refractivity contribution is 5.69. The fourth-order valence-corrected chi connectivity index (χ4v) is 3.33. The van der Waals surface area contributed by atoms with Crippen LogP contribution in [0.5, 0.6) is 11.5 Å². The molecule has 2 N–H and O–H groups in total. The van der Waals surface area contributed by atoms with Crippen molar-refractivity contribution in [3.63, 3.8) is 0 Å². The number of rotatable bonds is 8. The van der Waals surface area contributed by atoms with Gasteiger partial charge in [-0.3, -0.25) is 4.98 Å². The van der Waals surface area contributed by atoms with E-state index in [1.54, 1.807) is 7.11 Å². The lowest BCUT2D eigenvalue weighted by Crippen LogP contribution is -2.03. The van der Waals surface area contributed by atoms with Crippen LogP contribution in [0.4, 0.5) is 5.95 Å². The van der Waals surface area contributed by atoms with Gasteiger partial charge in [0, 0.05) is 29.4 Å². The number of pyridine rings is 1. The molecule has 0 saturated heterocycles. The van der Waals surface area contributed by atoms with Crippen molar-refractivity contribution in [1.82, 2.24) is 15.0 Å². The van der Waals surface area contributed by atoms with Gasteiger partial charge in [0.1, 0.15) is 11.5 Å². The molecule has 0 unspecified atom stereocenters. The highest BCUT2D eigenvalue weighted by atomic mass is 16.5. The topological polar surface area (TPSA) is 83.2 Å². The van der Waals surface area contributed by atoms with Gasteiger partial charge in [-0.15, -0.1) is 0 Å². The van der Waals surface area contributed by atoms with Gasteiger partial charge in [0.2, 0.25) is 5.95 Å². The van der Waals surface area contributed by atoms with Gasteiger partial charge in [-0.05, 0) is 72.6 Å². The van der Waals surface area contributed by atoms with E-state index >= 15 is 0 Å². The van der Waals surface area contributed by atoms with Crippen LogP contribution in [-0.4, -0.2) is 28.7 Å². The summed E-state index contributed by atoms with van der Waals surface area (Å²) < 4.78 is 11.1. The van der Waals surface area contributed by atoms with E-state index in [2.05, 4.69) is 34.0 Å². The quantitative estimate of drug-likeness (QED) is 0.428. The van der Waals surface area contributed by atoms with Crippen molar-refractivity contribution >= 4 is 5.95 Å². The summed E-state index contributed by atoms with van der Waals surface area (Å²) in [6, 6.07) is 21.6. The predicted molar refractivity (Wildman–Crippen MR) is 127 cm³/mol. The lowest BCUT2D eigenvalue weighted by molar-refractivity contribution is 0.320. The van der Waals surface area contributed by atoms with Crippen LogP contribution in [0.3, 0.4) is 0 Å². The minimum atomic E-state index is 0.232. The first kappa shape index (κ1) is 21.3. The number of benzene rings is 2. The third-order valence-electron chi connectivity index (χ3n) is 5.20. The molecule has 0 fully saturated rings. The predicted octanol–water partition coefficient (Wildman–Crippen LogP) is 4.98. The van der Waals surface area contributed by atoms with Crippen molar-refractivity contribution in [2.45, 2.75) is 19.8 Å². The maximum atomic E-state index is 5.98. The Labute approximate surface area is 188 Å². The molecule has 0 aliphatic carbocycles. The Morgan fingerprint density at radius 2 is 1.44 bits per heavy atom. The number of ether oxygens (including phenoxy) is 2. The molecule has 0 amide bonds. The summed E-state index contributed by atoms with van der Waals surface area (Å²) in [7, 11) is 1.64. The van der Waals surface area contributed by atoms with Gasteiger partial charge in [0.05, 0.1) is 25.1 Å². The molecule has 32 heavy (non-hydrogen) atoms. The fraction of sp³-hybridized carbons (Fsp3) is 0.192. The lowest BCUT2D eigenvalue weighted by atomic mass is 10.1. The number of nitrogen functional groups attached to an aromatic ring is 1. The average molecular weight is 427 g/mol. The van der Waals surface area contributed by atoms with Crippen molar-refractivity contribution in [3.05, 3.63) is 84.2 Å². The van der Waals surface area contributed by atoms with Crippen molar-refractivity contribution in [3.8, 4) is 34.0 Å². The molecule has 162 valence electrons. The number of anilines is 1. The summed E-state index contributed by atoms with van der Waals surface area (Å²) >= 11 is 0. The van der Waals surface area contributed by atoms with E-state index in [4.69, 9.17) is 15.2 Å². The highest BCUT2D eigenvalue weighted by Gasteiger charge is 2.08. The van der Waals surface area contributed by atoms with Gasteiger partial charge < -0.3 is 15.2 Å². The zero-order chi connectivity index (χ0) is 22.3. The third kappa shape index (κ3) is 5.21. The van der Waals surface area contributed by atoms with Crippen molar-refractivity contribution < 1.29 is 9.47 Å². The molecule has 0 aliphatic heterocycles. The average Bonchev–Trinajstić information content (AvgIpc) is 2.84. The minimum absolute atomic E-state index is 0.232. The molecule has 0 saturated carbocycles. The summed E-state index contributed by atoms with van der Waals surface area (Å²) in [6.45, 7) is 2.69. The molecule has 4 aromatic rings. The molecular weight excluding hydrogens is 400 g/mol. The Morgan fingerprint density at radius 1 is 0.812 bits per heavy atom. The molecule has 4 rings (SSSR count). The second kappa shape index (κ2) is 9.92. The van der Waals surface area contributed by atoms with Gasteiger partial charge in [-0.2, -0.15) is 0 Å². The highest BCUT2D eigenvalue weighted by Crippen LogP contribution is 2.27. The van der Waals surface area contributed by atoms with Crippen LogP contribution in [0.15, 0.2) is 72.9 Å². The van der Waals surface area contributed by atoms with Gasteiger partial charge in [0.15, 0.2) is 0 Å². The van der Waals surface area contributed by atoms with E-state index in [0.717, 1.165) is 52.5 Å². The first-order valence-electron chi connectivity index (χ1n) is 10.6. The Morgan fingerprint density at radius 3 is 1.97 bits per heavy atom. The third-order valence-corrected chi connectivity index (χ3v) is 5.20. The second-order valence-electron chi connectivity index (χ2n) is 7.36. The van der Waals surface area contributed by atoms with Crippen molar-refractivity contribution in [1.29, 1.82) is 0 Å². The lowest BCUT2D eigenvalue weighted by Gasteiger charge is -2.09. The molecule has 6 heteroatoms. The largest absolute Gasteiger partial charge is 0.497 e. The summed E-state index contributed by atoms with van der Waals surface area (Å²) in [5, 5.41) is 0. The Balaban J connectivity index is 1.43. The summed E-state index contributed by atoms with van der Waals surface area (Å²) in [5.74, 6) is 1.83. The first-order chi connectivity index (χ1) is 15.6. The second-order valence-corrected chi connectivity index (χ2v) is 7.36. The van der Waals surface area contributed by atoms with Gasteiger partial charge in [-0.1, -0.05) is 13.0 Å². The zero-order valence-corrected chi connectivity index (χ0v) is 18.3. The maximum absolute atomic E-state index is 5.98. The molecule has 0 bridgehead atoms. The number of nitrogens with zero attached hydrogens (tertiary/aromatic N) is 3. The SMILES string of the molecule is CCc1ccc(CCOc2ccc(-c3cc(-c4ccc(OC)cc4)nc(N)n3)cc2)nc1. The first-order valence-corrected chi connectivity index (χ1v) is 10.6. The van der Waals surface area contributed by atoms with Crippen molar-refractivity contribution in [2.24, 2.45) is 0 Å². The molecule has 6 nitrogen and oxygen atoms in total. The monoisotopic (exact) mass is 426 g/mol. The molecule has 2 aromatic heterocycles. The van der Waals surface area contributed by atoms with Crippen LogP contribution >= 0.6 is 0 Å². The minimum Gasteiger partial charge on any atom is -0.497 e. The van der Waals surface area contributed by atoms with E-state index in [-0.39, 0.29) is 5.95 Å². The normalized spacial score (nSPS) is 10.7. The molecule has 0 atom stereocenters. The van der Waals surface area contributed by atoms with Crippen LogP contribution in [0, 0.1) is 0 Å². The smallest absolute Gasteiger partial charge is 0.221 e. The van der Waals surface area contributed by atoms with E-state index < -0.39 is 0 Å². The fourth-order valence-electron chi connectivity index (χ4n) is 3.33. The number of hydrogen-bond donors (Lipinski definition) is 1. The van der Waals surface area contributed by atoms with E-state index in [9.17, 15) is 0 Å². The zero-order valence-electron chi connectivity index (χ0n) is 18.3. The number of hydrogen-bond acceptors (Lipinski definition) is 6. The van der Waals surface area contributed by atoms with Crippen LogP contribution in [-0.2, 0) is 12.8 Å². The number of aromatic nitrogens is 3. The van der Waals surface area contributed by atoms with E-state index in [1.807, 2.05) is 60.8 Å².